The van der Waals surface area contributed by atoms with Crippen molar-refractivity contribution in [2.45, 2.75) is 275 Å². The molecule has 0 aromatic heterocycles. The van der Waals surface area contributed by atoms with E-state index in [2.05, 4.69) is 13.8 Å². The summed E-state index contributed by atoms with van der Waals surface area (Å²) in [5, 5.41) is 0. The van der Waals surface area contributed by atoms with E-state index in [0.717, 1.165) is 60.8 Å². The molecular weight excluding hydrogens is 945 g/mol. The molecule has 0 aromatic rings. The van der Waals surface area contributed by atoms with Gasteiger partial charge in [0.1, 0.15) is 23.8 Å². The average Bonchev–Trinajstić information content (AvgIpc) is 3.33. The second kappa shape index (κ2) is 44.3. The average molecular weight is 1050 g/mol. The Morgan fingerprint density at radius 2 is 0.618 bits per heavy atom. The minimum Gasteiger partial charge on any atom is -0.462 e. The van der Waals surface area contributed by atoms with Crippen molar-refractivity contribution < 1.29 is 38.2 Å². The van der Waals surface area contributed by atoms with Gasteiger partial charge >= 0.3 is 11.9 Å². The van der Waals surface area contributed by atoms with E-state index in [4.69, 9.17) is 9.47 Å². The first-order valence-electron chi connectivity index (χ1n) is 29.7. The molecule has 2 unspecified atom stereocenters. The number of hydrogen-bond donors (Lipinski definition) is 0. The molecule has 8 heteroatoms. The standard InChI is InChI=1S/C68H108O8/c1-13-15-17-19-21-23-25-27-29-31-33-45-65(73)75-61(51-59(7)69)53-67(9,10)63(71)49-47-57(5)43-37-41-55(3)39-35-36-40-56(4)42-38-44-58(6)48-50-64(72)68(11,12)54-62(52-60(8)70)76-66(74)46-34-32-30-28-26-24-22-20-18-16-14-2/h35-44,47-50,61-62H,13-34,45-46,51-54H2,1-12H3. The second-order valence-electron chi connectivity index (χ2n) is 22.9. The van der Waals surface area contributed by atoms with Gasteiger partial charge in [-0.15, -0.1) is 0 Å². The van der Waals surface area contributed by atoms with Crippen molar-refractivity contribution in [3.05, 3.63) is 107 Å². The maximum atomic E-state index is 13.3. The fraction of sp³-hybridized carbons (Fsp3) is 0.647. The van der Waals surface area contributed by atoms with E-state index in [-0.39, 0.29) is 60.8 Å². The number of carbonyl (C=O) groups excluding carboxylic acids is 6. The second-order valence-corrected chi connectivity index (χ2v) is 22.9. The van der Waals surface area contributed by atoms with Crippen molar-refractivity contribution in [2.75, 3.05) is 0 Å². The molecule has 0 aliphatic heterocycles. The Bertz CT molecular complexity index is 1830. The summed E-state index contributed by atoms with van der Waals surface area (Å²) in [6.45, 7) is 22.7. The molecule has 0 saturated heterocycles. The summed E-state index contributed by atoms with van der Waals surface area (Å²) < 4.78 is 11.5. The number of Topliss-reactive ketones (excluding diaryl/α,β-unsaturated/α-hetero) is 2. The third-order valence-corrected chi connectivity index (χ3v) is 13.7. The highest BCUT2D eigenvalue weighted by molar-refractivity contribution is 5.95. The topological polar surface area (TPSA) is 121 Å². The SMILES string of the molecule is CCCCCCCCCCCCCC(=O)OC(CC(C)=O)CC(C)(C)C(=O)C=CC(C)=CC=CC(C)=CC=CC=C(C)C=CC=C(C)C=CC(=O)C(C)(C)CC(CC(C)=O)OC(=O)CCCCCCCCCCCCC. The third kappa shape index (κ3) is 41.4. The summed E-state index contributed by atoms with van der Waals surface area (Å²) in [5.41, 5.74) is 2.27. The summed E-state index contributed by atoms with van der Waals surface area (Å²) >= 11 is 0. The number of rotatable bonds is 46. The zero-order valence-corrected chi connectivity index (χ0v) is 50.3. The van der Waals surface area contributed by atoms with E-state index in [9.17, 15) is 28.8 Å². The molecule has 0 saturated carbocycles. The lowest BCUT2D eigenvalue weighted by atomic mass is 9.81. The number of hydrogen-bond acceptors (Lipinski definition) is 8. The van der Waals surface area contributed by atoms with Gasteiger partial charge in [0.15, 0.2) is 11.6 Å². The van der Waals surface area contributed by atoms with E-state index in [1.165, 1.54) is 117 Å². The Balaban J connectivity index is 5.04. The fourth-order valence-electron chi connectivity index (χ4n) is 8.85. The van der Waals surface area contributed by atoms with Gasteiger partial charge in [-0.25, -0.2) is 0 Å². The molecule has 76 heavy (non-hydrogen) atoms. The first-order valence-corrected chi connectivity index (χ1v) is 29.7. The van der Waals surface area contributed by atoms with Crippen molar-refractivity contribution in [1.82, 2.24) is 0 Å². The Labute approximate surface area is 464 Å². The summed E-state index contributed by atoms with van der Waals surface area (Å²) in [7, 11) is 0. The Kier molecular flexibility index (Phi) is 41.5. The summed E-state index contributed by atoms with van der Waals surface area (Å²) in [6.07, 6.45) is 53.0. The van der Waals surface area contributed by atoms with Gasteiger partial charge in [-0.3, -0.25) is 28.8 Å². The molecule has 0 radical (unpaired) electrons. The van der Waals surface area contributed by atoms with Crippen LogP contribution in [-0.4, -0.2) is 47.3 Å². The fourth-order valence-corrected chi connectivity index (χ4v) is 8.85. The van der Waals surface area contributed by atoms with Crippen molar-refractivity contribution in [2.24, 2.45) is 10.8 Å². The number of carbonyl (C=O) groups is 6. The molecule has 8 nitrogen and oxygen atoms in total. The highest BCUT2D eigenvalue weighted by atomic mass is 16.5. The molecule has 0 bridgehead atoms. The molecule has 0 aromatic carbocycles. The van der Waals surface area contributed by atoms with E-state index < -0.39 is 23.0 Å². The first-order chi connectivity index (χ1) is 36.1. The van der Waals surface area contributed by atoms with Crippen molar-refractivity contribution in [3.8, 4) is 0 Å². The Morgan fingerprint density at radius 3 is 0.908 bits per heavy atom. The molecule has 0 rings (SSSR count). The predicted molar refractivity (Wildman–Crippen MR) is 320 cm³/mol. The maximum absolute atomic E-state index is 13.3. The van der Waals surface area contributed by atoms with Crippen LogP contribution in [0.4, 0.5) is 0 Å². The lowest BCUT2D eigenvalue weighted by Crippen LogP contribution is -2.32. The minimum atomic E-state index is -0.818. The van der Waals surface area contributed by atoms with Crippen LogP contribution in [0.3, 0.4) is 0 Å². The van der Waals surface area contributed by atoms with Crippen molar-refractivity contribution in [1.29, 1.82) is 0 Å². The lowest BCUT2D eigenvalue weighted by Gasteiger charge is -2.27. The summed E-state index contributed by atoms with van der Waals surface area (Å²) in [4.78, 5) is 76.3. The van der Waals surface area contributed by atoms with Crippen LogP contribution in [0, 0.1) is 10.8 Å². The smallest absolute Gasteiger partial charge is 0.306 e. The van der Waals surface area contributed by atoms with Gasteiger partial charge < -0.3 is 9.47 Å². The zero-order chi connectivity index (χ0) is 57.0. The Morgan fingerprint density at radius 1 is 0.355 bits per heavy atom. The number of ketones is 4. The Hall–Kier alpha value is -4.72. The maximum Gasteiger partial charge on any atom is 0.306 e. The lowest BCUT2D eigenvalue weighted by molar-refractivity contribution is -0.153. The normalized spacial score (nSPS) is 14.2. The van der Waals surface area contributed by atoms with Crippen LogP contribution in [0.2, 0.25) is 0 Å². The summed E-state index contributed by atoms with van der Waals surface area (Å²) in [5.74, 6) is -0.918. The van der Waals surface area contributed by atoms with Gasteiger partial charge in [0.2, 0.25) is 0 Å². The van der Waals surface area contributed by atoms with Crippen LogP contribution < -0.4 is 0 Å². The minimum absolute atomic E-state index is 0.0706. The zero-order valence-electron chi connectivity index (χ0n) is 50.3. The van der Waals surface area contributed by atoms with Crippen molar-refractivity contribution in [3.63, 3.8) is 0 Å². The van der Waals surface area contributed by atoms with Gasteiger partial charge in [-0.2, -0.15) is 0 Å². The van der Waals surface area contributed by atoms with E-state index in [0.29, 0.717) is 12.8 Å². The molecule has 2 atom stereocenters. The molecule has 0 heterocycles. The molecule has 0 spiro atoms. The number of ether oxygens (including phenoxy) is 2. The number of allylic oxidation sites excluding steroid dienone is 18. The first kappa shape index (κ1) is 71.3. The van der Waals surface area contributed by atoms with E-state index in [1.54, 1.807) is 24.3 Å². The molecular formula is C68H108O8. The monoisotopic (exact) mass is 1050 g/mol. The quantitative estimate of drug-likeness (QED) is 0.0256. The van der Waals surface area contributed by atoms with Crippen LogP contribution in [0.15, 0.2) is 107 Å². The van der Waals surface area contributed by atoms with Crippen LogP contribution in [0.1, 0.15) is 263 Å². The van der Waals surface area contributed by atoms with Gasteiger partial charge in [-0.1, -0.05) is 265 Å². The van der Waals surface area contributed by atoms with Crippen LogP contribution >= 0.6 is 0 Å². The highest BCUT2D eigenvalue weighted by Gasteiger charge is 2.33. The molecule has 0 amide bonds. The largest absolute Gasteiger partial charge is 0.462 e. The molecule has 0 N–H and O–H groups in total. The van der Waals surface area contributed by atoms with Crippen LogP contribution in [0.25, 0.3) is 0 Å². The molecule has 0 aliphatic carbocycles. The van der Waals surface area contributed by atoms with Gasteiger partial charge in [-0.05, 0) is 79.4 Å². The summed E-state index contributed by atoms with van der Waals surface area (Å²) in [6, 6.07) is 0. The molecule has 0 fully saturated rings. The molecule has 428 valence electrons. The number of unbranched alkanes of at least 4 members (excludes halogenated alkanes) is 20. The molecule has 0 aliphatic rings. The van der Waals surface area contributed by atoms with Crippen LogP contribution in [-0.2, 0) is 38.2 Å². The van der Waals surface area contributed by atoms with Crippen LogP contribution in [0.5, 0.6) is 0 Å². The van der Waals surface area contributed by atoms with Gasteiger partial charge in [0.25, 0.3) is 0 Å². The van der Waals surface area contributed by atoms with Gasteiger partial charge in [0, 0.05) is 36.5 Å². The van der Waals surface area contributed by atoms with Crippen molar-refractivity contribution >= 4 is 35.1 Å². The van der Waals surface area contributed by atoms with Gasteiger partial charge in [0.05, 0.1) is 0 Å². The van der Waals surface area contributed by atoms with E-state index in [1.807, 2.05) is 116 Å². The highest BCUT2D eigenvalue weighted by Crippen LogP contribution is 2.29. The number of esters is 2. The third-order valence-electron chi connectivity index (χ3n) is 13.7. The van der Waals surface area contributed by atoms with E-state index >= 15 is 0 Å². The predicted octanol–water partition coefficient (Wildman–Crippen LogP) is 18.7.